The van der Waals surface area contributed by atoms with Crippen molar-refractivity contribution >= 4 is 27.7 Å². The van der Waals surface area contributed by atoms with Crippen molar-refractivity contribution in [3.8, 4) is 0 Å². The second-order valence-corrected chi connectivity index (χ2v) is 9.38. The van der Waals surface area contributed by atoms with E-state index in [4.69, 9.17) is 11.5 Å². The molecule has 3 aromatic rings. The summed E-state index contributed by atoms with van der Waals surface area (Å²) in [5.41, 5.74) is 13.5. The van der Waals surface area contributed by atoms with Crippen molar-refractivity contribution < 1.29 is 13.2 Å². The van der Waals surface area contributed by atoms with Crippen LogP contribution in [-0.2, 0) is 20.2 Å². The lowest BCUT2D eigenvalue weighted by Crippen LogP contribution is -2.31. The van der Waals surface area contributed by atoms with Crippen molar-refractivity contribution in [2.75, 3.05) is 5.73 Å². The van der Waals surface area contributed by atoms with Gasteiger partial charge in [-0.15, -0.1) is 0 Å². The lowest BCUT2D eigenvalue weighted by atomic mass is 9.70. The molecular weight excluding hydrogens is 424 g/mol. The quantitative estimate of drug-likeness (QED) is 0.445. The molecular formula is C24H22N4O3S. The Kier molecular flexibility index (Phi) is 5.54. The van der Waals surface area contributed by atoms with Crippen molar-refractivity contribution in [2.45, 2.75) is 11.8 Å². The van der Waals surface area contributed by atoms with Crippen LogP contribution < -0.4 is 11.5 Å². The summed E-state index contributed by atoms with van der Waals surface area (Å²) < 4.78 is 28.1. The second kappa shape index (κ2) is 8.32. The fourth-order valence-electron chi connectivity index (χ4n) is 3.94. The van der Waals surface area contributed by atoms with Crippen LogP contribution in [0.15, 0.2) is 96.5 Å². The van der Waals surface area contributed by atoms with Crippen LogP contribution in [0.25, 0.3) is 6.08 Å². The average Bonchev–Trinajstić information content (AvgIpc) is 3.29. The second-order valence-electron chi connectivity index (χ2n) is 7.48. The number of para-hydroxylation sites is 1. The molecule has 0 saturated carbocycles. The summed E-state index contributed by atoms with van der Waals surface area (Å²) in [7, 11) is -3.86. The van der Waals surface area contributed by atoms with E-state index in [2.05, 4.69) is 4.98 Å². The number of anilines is 1. The molecule has 1 atom stereocenters. The van der Waals surface area contributed by atoms with Crippen LogP contribution in [-0.4, -0.2) is 23.3 Å². The summed E-state index contributed by atoms with van der Waals surface area (Å²) in [6.45, 7) is 0. The van der Waals surface area contributed by atoms with E-state index >= 15 is 0 Å². The number of hydrogen-bond acceptors (Lipinski definition) is 5. The SMILES string of the molecule is NC(=O)/C=C/c1ccn(S(=O)(=O)C2=CC=CC(c3ccncc3)(c3ccccc3N)C2)c1. The average molecular weight is 447 g/mol. The van der Waals surface area contributed by atoms with Gasteiger partial charge in [-0.1, -0.05) is 30.4 Å². The van der Waals surface area contributed by atoms with E-state index in [9.17, 15) is 13.2 Å². The molecule has 4 N–H and O–H groups in total. The molecule has 2 aromatic heterocycles. The predicted octanol–water partition coefficient (Wildman–Crippen LogP) is 2.97. The van der Waals surface area contributed by atoms with Gasteiger partial charge in [-0.3, -0.25) is 9.78 Å². The summed E-state index contributed by atoms with van der Waals surface area (Å²) in [4.78, 5) is 15.3. The standard InChI is InChI=1S/C24H22N4O3S/c25-22-6-2-1-5-21(22)24(19-9-13-27-14-10-19)12-3-4-20(16-24)32(30,31)28-15-11-18(17-28)7-8-23(26)29/h1-15,17H,16,25H2,(H2,26,29)/b8-7+. The van der Waals surface area contributed by atoms with Gasteiger partial charge in [0.25, 0.3) is 10.0 Å². The Hall–Kier alpha value is -3.91. The molecule has 0 aliphatic heterocycles. The summed E-state index contributed by atoms with van der Waals surface area (Å²) in [5.74, 6) is -0.608. The molecule has 7 nitrogen and oxygen atoms in total. The molecule has 4 rings (SSSR count). The number of amides is 1. The number of pyridine rings is 1. The minimum absolute atomic E-state index is 0.189. The number of carbonyl (C=O) groups is 1. The molecule has 0 saturated heterocycles. The minimum Gasteiger partial charge on any atom is -0.398 e. The highest BCUT2D eigenvalue weighted by Crippen LogP contribution is 2.45. The zero-order valence-corrected chi connectivity index (χ0v) is 17.9. The zero-order valence-electron chi connectivity index (χ0n) is 17.1. The van der Waals surface area contributed by atoms with E-state index in [0.29, 0.717) is 11.3 Å². The topological polar surface area (TPSA) is 121 Å². The van der Waals surface area contributed by atoms with Gasteiger partial charge in [0.2, 0.25) is 5.91 Å². The maximum Gasteiger partial charge on any atom is 0.263 e. The number of nitrogens with two attached hydrogens (primary N) is 2. The van der Waals surface area contributed by atoms with Gasteiger partial charge in [-0.25, -0.2) is 12.4 Å². The molecule has 1 aliphatic carbocycles. The molecule has 32 heavy (non-hydrogen) atoms. The molecule has 0 radical (unpaired) electrons. The first-order chi connectivity index (χ1) is 15.3. The number of nitrogens with zero attached hydrogens (tertiary/aromatic N) is 2. The Morgan fingerprint density at radius 3 is 2.59 bits per heavy atom. The van der Waals surface area contributed by atoms with Crippen molar-refractivity contribution in [3.63, 3.8) is 0 Å². The van der Waals surface area contributed by atoms with Gasteiger partial charge in [0.05, 0.1) is 4.91 Å². The van der Waals surface area contributed by atoms with Gasteiger partial charge >= 0.3 is 0 Å². The summed E-state index contributed by atoms with van der Waals surface area (Å²) >= 11 is 0. The Balaban J connectivity index is 1.78. The highest BCUT2D eigenvalue weighted by molar-refractivity contribution is 7.93. The number of allylic oxidation sites excluding steroid dienone is 4. The van der Waals surface area contributed by atoms with E-state index in [1.165, 1.54) is 24.5 Å². The Morgan fingerprint density at radius 2 is 1.88 bits per heavy atom. The molecule has 8 heteroatoms. The van der Waals surface area contributed by atoms with Crippen LogP contribution in [0.2, 0.25) is 0 Å². The van der Waals surface area contributed by atoms with Crippen LogP contribution in [0.5, 0.6) is 0 Å². The molecule has 1 unspecified atom stereocenters. The van der Waals surface area contributed by atoms with Crippen molar-refractivity contribution in [1.82, 2.24) is 8.96 Å². The molecule has 0 bridgehead atoms. The van der Waals surface area contributed by atoms with Crippen LogP contribution in [0.1, 0.15) is 23.1 Å². The molecule has 2 heterocycles. The molecule has 1 aromatic carbocycles. The van der Waals surface area contributed by atoms with E-state index in [-0.39, 0.29) is 11.3 Å². The number of primary amides is 1. The van der Waals surface area contributed by atoms with Crippen molar-refractivity contribution in [1.29, 1.82) is 0 Å². The van der Waals surface area contributed by atoms with Crippen molar-refractivity contribution in [2.24, 2.45) is 5.73 Å². The first-order valence-electron chi connectivity index (χ1n) is 9.88. The van der Waals surface area contributed by atoms with Gasteiger partial charge in [0.1, 0.15) is 0 Å². The van der Waals surface area contributed by atoms with Crippen LogP contribution in [0.4, 0.5) is 5.69 Å². The van der Waals surface area contributed by atoms with E-state index < -0.39 is 21.3 Å². The van der Waals surface area contributed by atoms with Gasteiger partial charge in [-0.05, 0) is 53.1 Å². The van der Waals surface area contributed by atoms with Gasteiger partial charge in [0.15, 0.2) is 0 Å². The first kappa shape index (κ1) is 21.3. The number of aromatic nitrogens is 2. The lowest BCUT2D eigenvalue weighted by Gasteiger charge is -2.35. The molecule has 1 amide bonds. The van der Waals surface area contributed by atoms with Crippen LogP contribution in [0, 0.1) is 0 Å². The highest BCUT2D eigenvalue weighted by Gasteiger charge is 2.39. The number of nitrogen functional groups attached to an aromatic ring is 1. The van der Waals surface area contributed by atoms with Gasteiger partial charge in [-0.2, -0.15) is 0 Å². The summed E-state index contributed by atoms with van der Waals surface area (Å²) in [6, 6.07) is 12.8. The number of hydrogen-bond donors (Lipinski definition) is 2. The summed E-state index contributed by atoms with van der Waals surface area (Å²) in [6.07, 6.45) is 14.4. The third-order valence-electron chi connectivity index (χ3n) is 5.49. The molecule has 0 fully saturated rings. The largest absolute Gasteiger partial charge is 0.398 e. The molecule has 162 valence electrons. The Morgan fingerprint density at radius 1 is 1.12 bits per heavy atom. The Labute approximate surface area is 186 Å². The third kappa shape index (κ3) is 3.88. The number of benzene rings is 1. The van der Waals surface area contributed by atoms with E-state index in [1.807, 2.05) is 42.5 Å². The summed E-state index contributed by atoms with van der Waals surface area (Å²) in [5, 5.41) is 0. The normalized spacial score (nSPS) is 18.6. The maximum atomic E-state index is 13.5. The molecule has 1 aliphatic rings. The molecule has 0 spiro atoms. The first-order valence-corrected chi connectivity index (χ1v) is 11.3. The fraction of sp³-hybridized carbons (Fsp3) is 0.0833. The van der Waals surface area contributed by atoms with Crippen LogP contribution >= 0.6 is 0 Å². The zero-order chi connectivity index (χ0) is 22.8. The lowest BCUT2D eigenvalue weighted by molar-refractivity contribution is -0.113. The fourth-order valence-corrected chi connectivity index (χ4v) is 5.35. The highest BCUT2D eigenvalue weighted by atomic mass is 32.2. The Bertz CT molecular complexity index is 1350. The van der Waals surface area contributed by atoms with Gasteiger partial charge in [0, 0.05) is 48.4 Å². The monoisotopic (exact) mass is 446 g/mol. The smallest absolute Gasteiger partial charge is 0.263 e. The number of carbonyl (C=O) groups excluding carboxylic acids is 1. The van der Waals surface area contributed by atoms with E-state index in [1.54, 1.807) is 30.6 Å². The van der Waals surface area contributed by atoms with Crippen LogP contribution in [0.3, 0.4) is 0 Å². The van der Waals surface area contributed by atoms with E-state index in [0.717, 1.165) is 15.1 Å². The number of rotatable bonds is 6. The maximum absolute atomic E-state index is 13.5. The third-order valence-corrected chi connectivity index (χ3v) is 7.22. The predicted molar refractivity (Wildman–Crippen MR) is 125 cm³/mol. The minimum atomic E-state index is -3.86. The van der Waals surface area contributed by atoms with Crippen molar-refractivity contribution in [3.05, 3.63) is 113 Å². The van der Waals surface area contributed by atoms with Gasteiger partial charge < -0.3 is 11.5 Å².